The molecule has 0 aliphatic rings. The second-order valence-electron chi connectivity index (χ2n) is 4.95. The van der Waals surface area contributed by atoms with Crippen molar-refractivity contribution in [3.63, 3.8) is 0 Å². The molecule has 0 aliphatic heterocycles. The number of pyridine rings is 1. The van der Waals surface area contributed by atoms with Crippen molar-refractivity contribution in [3.05, 3.63) is 55.0 Å². The summed E-state index contributed by atoms with van der Waals surface area (Å²) in [6.07, 6.45) is 11.6. The monoisotopic (exact) mass is 283 g/mol. The molecule has 3 aromatic heterocycles. The standard InChI is InChI=1S/C15H17N5O/c1-2-13(10-19-7-5-16-11-19)18-15(21)12-3-4-14-17-6-8-20(14)9-12/h3-9,11,13H,2,10H2,1H3,(H,18,21)/t13-/m1/s1. The number of fused-ring (bicyclic) bond motifs is 1. The number of carbonyl (C=O) groups excluding carboxylic acids is 1. The van der Waals surface area contributed by atoms with Gasteiger partial charge in [-0.2, -0.15) is 0 Å². The highest BCUT2D eigenvalue weighted by Gasteiger charge is 2.13. The van der Waals surface area contributed by atoms with E-state index in [-0.39, 0.29) is 11.9 Å². The molecule has 6 heteroatoms. The molecule has 0 aromatic carbocycles. The molecule has 1 amide bonds. The first-order valence-corrected chi connectivity index (χ1v) is 6.95. The second kappa shape index (κ2) is 5.78. The fourth-order valence-electron chi connectivity index (χ4n) is 2.25. The van der Waals surface area contributed by atoms with Crippen LogP contribution in [0.2, 0.25) is 0 Å². The Morgan fingerprint density at radius 3 is 3.00 bits per heavy atom. The van der Waals surface area contributed by atoms with Crippen LogP contribution in [0.3, 0.4) is 0 Å². The molecule has 3 rings (SSSR count). The van der Waals surface area contributed by atoms with Gasteiger partial charge in [0.2, 0.25) is 0 Å². The molecule has 0 radical (unpaired) electrons. The summed E-state index contributed by atoms with van der Waals surface area (Å²) < 4.78 is 3.80. The predicted octanol–water partition coefficient (Wildman–Crippen LogP) is 1.74. The zero-order chi connectivity index (χ0) is 14.7. The van der Waals surface area contributed by atoms with Crippen LogP contribution in [-0.4, -0.2) is 30.9 Å². The summed E-state index contributed by atoms with van der Waals surface area (Å²) in [6, 6.07) is 3.71. The Balaban J connectivity index is 1.71. The Morgan fingerprint density at radius 1 is 1.33 bits per heavy atom. The quantitative estimate of drug-likeness (QED) is 0.775. The number of nitrogens with zero attached hydrogens (tertiary/aromatic N) is 4. The average molecular weight is 283 g/mol. The molecule has 6 nitrogen and oxygen atoms in total. The van der Waals surface area contributed by atoms with Crippen molar-refractivity contribution >= 4 is 11.6 Å². The van der Waals surface area contributed by atoms with E-state index in [1.807, 2.05) is 27.4 Å². The number of hydrogen-bond donors (Lipinski definition) is 1. The zero-order valence-corrected chi connectivity index (χ0v) is 11.8. The molecule has 1 atom stereocenters. The molecular weight excluding hydrogens is 266 g/mol. The molecule has 0 bridgehead atoms. The van der Waals surface area contributed by atoms with Crippen LogP contribution in [0.25, 0.3) is 5.65 Å². The third kappa shape index (κ3) is 2.94. The summed E-state index contributed by atoms with van der Waals surface area (Å²) >= 11 is 0. The van der Waals surface area contributed by atoms with Crippen molar-refractivity contribution in [2.75, 3.05) is 0 Å². The molecule has 3 heterocycles. The molecule has 0 aliphatic carbocycles. The van der Waals surface area contributed by atoms with E-state index in [0.29, 0.717) is 5.56 Å². The maximum absolute atomic E-state index is 12.3. The second-order valence-corrected chi connectivity index (χ2v) is 4.95. The summed E-state index contributed by atoms with van der Waals surface area (Å²) in [5.74, 6) is -0.0717. The number of amides is 1. The summed E-state index contributed by atoms with van der Waals surface area (Å²) in [7, 11) is 0. The molecule has 0 spiro atoms. The Hall–Kier alpha value is -2.63. The fourth-order valence-corrected chi connectivity index (χ4v) is 2.25. The Bertz CT molecular complexity index is 731. The van der Waals surface area contributed by atoms with E-state index in [1.165, 1.54) is 0 Å². The van der Waals surface area contributed by atoms with E-state index in [0.717, 1.165) is 18.6 Å². The summed E-state index contributed by atoms with van der Waals surface area (Å²) in [4.78, 5) is 20.5. The van der Waals surface area contributed by atoms with Gasteiger partial charge in [-0.1, -0.05) is 6.92 Å². The summed E-state index contributed by atoms with van der Waals surface area (Å²) in [5.41, 5.74) is 1.46. The van der Waals surface area contributed by atoms with Gasteiger partial charge in [-0.05, 0) is 18.6 Å². The fraction of sp³-hybridized carbons (Fsp3) is 0.267. The van der Waals surface area contributed by atoms with Gasteiger partial charge < -0.3 is 14.3 Å². The number of nitrogens with one attached hydrogen (secondary N) is 1. The lowest BCUT2D eigenvalue weighted by atomic mass is 10.2. The van der Waals surface area contributed by atoms with Gasteiger partial charge >= 0.3 is 0 Å². The van der Waals surface area contributed by atoms with Crippen molar-refractivity contribution in [2.45, 2.75) is 25.9 Å². The van der Waals surface area contributed by atoms with E-state index in [1.54, 1.807) is 31.0 Å². The van der Waals surface area contributed by atoms with E-state index < -0.39 is 0 Å². The largest absolute Gasteiger partial charge is 0.347 e. The van der Waals surface area contributed by atoms with Crippen LogP contribution < -0.4 is 5.32 Å². The minimum absolute atomic E-state index is 0.0717. The van der Waals surface area contributed by atoms with Gasteiger partial charge in [-0.25, -0.2) is 9.97 Å². The predicted molar refractivity (Wildman–Crippen MR) is 79.0 cm³/mol. The smallest absolute Gasteiger partial charge is 0.253 e. The van der Waals surface area contributed by atoms with Gasteiger partial charge in [0, 0.05) is 43.6 Å². The van der Waals surface area contributed by atoms with Crippen LogP contribution in [0.4, 0.5) is 0 Å². The highest BCUT2D eigenvalue weighted by molar-refractivity contribution is 5.94. The molecule has 108 valence electrons. The van der Waals surface area contributed by atoms with Crippen molar-refractivity contribution < 1.29 is 4.79 Å². The molecule has 0 saturated carbocycles. The first-order chi connectivity index (χ1) is 10.3. The molecule has 3 aromatic rings. The molecule has 21 heavy (non-hydrogen) atoms. The van der Waals surface area contributed by atoms with Crippen molar-refractivity contribution in [1.82, 2.24) is 24.3 Å². The van der Waals surface area contributed by atoms with Gasteiger partial charge in [-0.3, -0.25) is 4.79 Å². The van der Waals surface area contributed by atoms with Crippen LogP contribution in [0.1, 0.15) is 23.7 Å². The topological polar surface area (TPSA) is 64.2 Å². The van der Waals surface area contributed by atoms with Crippen molar-refractivity contribution in [1.29, 1.82) is 0 Å². The van der Waals surface area contributed by atoms with Gasteiger partial charge in [0.05, 0.1) is 11.9 Å². The average Bonchev–Trinajstić information content (AvgIpc) is 3.16. The third-order valence-corrected chi connectivity index (χ3v) is 3.47. The van der Waals surface area contributed by atoms with Gasteiger partial charge in [-0.15, -0.1) is 0 Å². The molecular formula is C15H17N5O. The van der Waals surface area contributed by atoms with Crippen LogP contribution in [-0.2, 0) is 6.54 Å². The van der Waals surface area contributed by atoms with Crippen LogP contribution in [0.15, 0.2) is 49.4 Å². The van der Waals surface area contributed by atoms with Crippen LogP contribution >= 0.6 is 0 Å². The zero-order valence-electron chi connectivity index (χ0n) is 11.8. The maximum Gasteiger partial charge on any atom is 0.253 e. The highest BCUT2D eigenvalue weighted by atomic mass is 16.1. The number of aromatic nitrogens is 4. The maximum atomic E-state index is 12.3. The lowest BCUT2D eigenvalue weighted by molar-refractivity contribution is 0.0931. The Kier molecular flexibility index (Phi) is 3.68. The Labute approximate surface area is 122 Å². The van der Waals surface area contributed by atoms with E-state index in [4.69, 9.17) is 0 Å². The molecule has 0 saturated heterocycles. The van der Waals surface area contributed by atoms with Gasteiger partial charge in [0.25, 0.3) is 5.91 Å². The number of carbonyl (C=O) groups is 1. The minimum atomic E-state index is -0.0717. The summed E-state index contributed by atoms with van der Waals surface area (Å²) in [6.45, 7) is 2.77. The van der Waals surface area contributed by atoms with E-state index >= 15 is 0 Å². The van der Waals surface area contributed by atoms with Gasteiger partial charge in [0.1, 0.15) is 5.65 Å². The first-order valence-electron chi connectivity index (χ1n) is 6.95. The highest BCUT2D eigenvalue weighted by Crippen LogP contribution is 2.06. The Morgan fingerprint density at radius 2 is 2.24 bits per heavy atom. The third-order valence-electron chi connectivity index (χ3n) is 3.47. The number of hydrogen-bond acceptors (Lipinski definition) is 3. The minimum Gasteiger partial charge on any atom is -0.347 e. The summed E-state index contributed by atoms with van der Waals surface area (Å²) in [5, 5.41) is 3.06. The van der Waals surface area contributed by atoms with Crippen molar-refractivity contribution in [2.24, 2.45) is 0 Å². The van der Waals surface area contributed by atoms with Crippen LogP contribution in [0, 0.1) is 0 Å². The molecule has 1 N–H and O–H groups in total. The molecule has 0 unspecified atom stereocenters. The molecule has 0 fully saturated rings. The number of imidazole rings is 2. The first kappa shape index (κ1) is 13.4. The SMILES string of the molecule is CC[C@H](Cn1ccnc1)NC(=O)c1ccc2nccn2c1. The van der Waals surface area contributed by atoms with Crippen molar-refractivity contribution in [3.8, 4) is 0 Å². The van der Waals surface area contributed by atoms with E-state index in [9.17, 15) is 4.79 Å². The van der Waals surface area contributed by atoms with Crippen LogP contribution in [0.5, 0.6) is 0 Å². The lowest BCUT2D eigenvalue weighted by Crippen LogP contribution is -2.37. The van der Waals surface area contributed by atoms with E-state index in [2.05, 4.69) is 22.2 Å². The lowest BCUT2D eigenvalue weighted by Gasteiger charge is -2.17. The number of rotatable bonds is 5. The normalized spacial score (nSPS) is 12.4. The van der Waals surface area contributed by atoms with Gasteiger partial charge in [0.15, 0.2) is 0 Å².